The van der Waals surface area contributed by atoms with E-state index in [2.05, 4.69) is 0 Å². The maximum Gasteiger partial charge on any atom is 0.234 e. The van der Waals surface area contributed by atoms with Gasteiger partial charge in [0.25, 0.3) is 0 Å². The highest BCUT2D eigenvalue weighted by Crippen LogP contribution is 2.47. The van der Waals surface area contributed by atoms with Gasteiger partial charge in [0.2, 0.25) is 11.8 Å². The van der Waals surface area contributed by atoms with Crippen LogP contribution in [0.25, 0.3) is 0 Å². The summed E-state index contributed by atoms with van der Waals surface area (Å²) in [5.74, 6) is -0.664. The minimum absolute atomic E-state index is 0.0926. The van der Waals surface area contributed by atoms with Crippen LogP contribution in [-0.4, -0.2) is 11.8 Å². The van der Waals surface area contributed by atoms with Crippen LogP contribution in [-0.2, 0) is 9.59 Å². The number of amides is 2. The van der Waals surface area contributed by atoms with Gasteiger partial charge in [0, 0.05) is 12.8 Å². The molecular weight excluding hydrogens is 245 g/mol. The molecular formula is C15H16FNO2. The average molecular weight is 261 g/mol. The molecule has 0 N–H and O–H groups in total. The Balaban J connectivity index is 1.86. The van der Waals surface area contributed by atoms with E-state index in [0.29, 0.717) is 18.5 Å². The normalized spacial score (nSPS) is 22.3. The van der Waals surface area contributed by atoms with Gasteiger partial charge >= 0.3 is 0 Å². The lowest BCUT2D eigenvalue weighted by molar-refractivity contribution is -0.133. The number of benzene rings is 1. The zero-order valence-electron chi connectivity index (χ0n) is 10.7. The summed E-state index contributed by atoms with van der Waals surface area (Å²) in [5.41, 5.74) is 0.384. The van der Waals surface area contributed by atoms with Gasteiger partial charge in [-0.05, 0) is 42.5 Å². The van der Waals surface area contributed by atoms with E-state index in [1.54, 1.807) is 0 Å². The number of piperidine rings is 1. The van der Waals surface area contributed by atoms with Crippen molar-refractivity contribution in [2.75, 3.05) is 4.90 Å². The maximum absolute atomic E-state index is 12.9. The number of halogens is 1. The van der Waals surface area contributed by atoms with E-state index in [9.17, 15) is 14.0 Å². The Morgan fingerprint density at radius 2 is 1.47 bits per heavy atom. The fourth-order valence-corrected chi connectivity index (χ4v) is 3.36. The third-order valence-electron chi connectivity index (χ3n) is 4.30. The van der Waals surface area contributed by atoms with Crippen molar-refractivity contribution in [1.29, 1.82) is 0 Å². The molecule has 2 aliphatic rings. The molecule has 1 aliphatic heterocycles. The molecule has 1 aliphatic carbocycles. The van der Waals surface area contributed by atoms with Crippen molar-refractivity contribution in [2.24, 2.45) is 5.41 Å². The molecule has 0 radical (unpaired) electrons. The van der Waals surface area contributed by atoms with Gasteiger partial charge in [0.15, 0.2) is 0 Å². The molecule has 1 aromatic rings. The molecule has 1 aromatic carbocycles. The van der Waals surface area contributed by atoms with Crippen LogP contribution in [0.3, 0.4) is 0 Å². The Bertz CT molecular complexity index is 497. The number of imide groups is 1. The summed E-state index contributed by atoms with van der Waals surface area (Å²) < 4.78 is 12.9. The van der Waals surface area contributed by atoms with Gasteiger partial charge in [0.05, 0.1) is 5.69 Å². The summed E-state index contributed by atoms with van der Waals surface area (Å²) in [6.45, 7) is 0. The molecule has 2 fully saturated rings. The van der Waals surface area contributed by atoms with E-state index < -0.39 is 0 Å². The van der Waals surface area contributed by atoms with Crippen molar-refractivity contribution < 1.29 is 14.0 Å². The van der Waals surface area contributed by atoms with Crippen LogP contribution in [0.2, 0.25) is 0 Å². The lowest BCUT2D eigenvalue weighted by Gasteiger charge is -2.37. The number of anilines is 1. The van der Waals surface area contributed by atoms with E-state index >= 15 is 0 Å². The molecule has 2 amide bonds. The second-order valence-corrected chi connectivity index (χ2v) is 5.66. The van der Waals surface area contributed by atoms with Gasteiger partial charge in [0.1, 0.15) is 5.82 Å². The molecule has 1 heterocycles. The smallest absolute Gasteiger partial charge is 0.234 e. The third kappa shape index (κ3) is 2.15. The summed E-state index contributed by atoms with van der Waals surface area (Å²) in [5, 5.41) is 0. The van der Waals surface area contributed by atoms with Gasteiger partial charge < -0.3 is 0 Å². The second kappa shape index (κ2) is 4.44. The number of rotatable bonds is 1. The molecule has 100 valence electrons. The highest BCUT2D eigenvalue weighted by atomic mass is 19.1. The molecule has 0 bridgehead atoms. The fraction of sp³-hybridized carbons (Fsp3) is 0.467. The number of hydrogen-bond donors (Lipinski definition) is 0. The standard InChI is InChI=1S/C15H16FNO2/c16-11-3-5-12(6-4-11)17-13(18)9-15(10-14(17)19)7-1-2-8-15/h3-6H,1-2,7-10H2. The van der Waals surface area contributed by atoms with E-state index in [1.165, 1.54) is 29.2 Å². The average Bonchev–Trinajstić information content (AvgIpc) is 2.78. The molecule has 1 saturated heterocycles. The molecule has 0 atom stereocenters. The quantitative estimate of drug-likeness (QED) is 0.729. The summed E-state index contributed by atoms with van der Waals surface area (Å²) in [4.78, 5) is 25.7. The summed E-state index contributed by atoms with van der Waals surface area (Å²) in [6, 6.07) is 5.52. The maximum atomic E-state index is 12.9. The Morgan fingerprint density at radius 1 is 0.947 bits per heavy atom. The molecule has 0 unspecified atom stereocenters. The first-order valence-electron chi connectivity index (χ1n) is 6.71. The van der Waals surface area contributed by atoms with Crippen LogP contribution < -0.4 is 4.90 Å². The lowest BCUT2D eigenvalue weighted by atomic mass is 9.76. The van der Waals surface area contributed by atoms with Gasteiger partial charge in [-0.1, -0.05) is 12.8 Å². The van der Waals surface area contributed by atoms with E-state index in [4.69, 9.17) is 0 Å². The number of hydrogen-bond acceptors (Lipinski definition) is 2. The zero-order chi connectivity index (χ0) is 13.5. The second-order valence-electron chi connectivity index (χ2n) is 5.66. The predicted octanol–water partition coefficient (Wildman–Crippen LogP) is 3.04. The van der Waals surface area contributed by atoms with Gasteiger partial charge in [-0.25, -0.2) is 4.39 Å². The van der Waals surface area contributed by atoms with Gasteiger partial charge in [-0.2, -0.15) is 0 Å². The minimum atomic E-state index is -0.368. The molecule has 0 aromatic heterocycles. The highest BCUT2D eigenvalue weighted by molar-refractivity contribution is 6.16. The largest absolute Gasteiger partial charge is 0.274 e. The number of nitrogens with zero attached hydrogens (tertiary/aromatic N) is 1. The molecule has 3 nitrogen and oxygen atoms in total. The predicted molar refractivity (Wildman–Crippen MR) is 69.0 cm³/mol. The van der Waals surface area contributed by atoms with E-state index in [-0.39, 0.29) is 23.0 Å². The first-order chi connectivity index (χ1) is 9.10. The number of carbonyl (C=O) groups is 2. The molecule has 4 heteroatoms. The van der Waals surface area contributed by atoms with Crippen LogP contribution in [0.15, 0.2) is 24.3 Å². The highest BCUT2D eigenvalue weighted by Gasteiger charge is 2.45. The van der Waals surface area contributed by atoms with E-state index in [0.717, 1.165) is 25.7 Å². The van der Waals surface area contributed by atoms with Crippen molar-refractivity contribution in [3.8, 4) is 0 Å². The lowest BCUT2D eigenvalue weighted by Crippen LogP contribution is -2.47. The first kappa shape index (κ1) is 12.3. The molecule has 1 spiro atoms. The molecule has 3 rings (SSSR count). The molecule has 1 saturated carbocycles. The van der Waals surface area contributed by atoms with Gasteiger partial charge in [-0.3, -0.25) is 14.5 Å². The Kier molecular flexibility index (Phi) is 2.88. The monoisotopic (exact) mass is 261 g/mol. The summed E-state index contributed by atoms with van der Waals surface area (Å²) in [6.07, 6.45) is 5.05. The van der Waals surface area contributed by atoms with E-state index in [1.807, 2.05) is 0 Å². The minimum Gasteiger partial charge on any atom is -0.274 e. The Labute approximate surface area is 111 Å². The zero-order valence-corrected chi connectivity index (χ0v) is 10.7. The molecule has 19 heavy (non-hydrogen) atoms. The fourth-order valence-electron chi connectivity index (χ4n) is 3.36. The summed E-state index contributed by atoms with van der Waals surface area (Å²) in [7, 11) is 0. The Morgan fingerprint density at radius 3 is 2.00 bits per heavy atom. The van der Waals surface area contributed by atoms with Crippen molar-refractivity contribution in [3.05, 3.63) is 30.1 Å². The van der Waals surface area contributed by atoms with Crippen LogP contribution in [0.1, 0.15) is 38.5 Å². The third-order valence-corrected chi connectivity index (χ3v) is 4.30. The van der Waals surface area contributed by atoms with Crippen LogP contribution in [0.5, 0.6) is 0 Å². The Hall–Kier alpha value is -1.71. The topological polar surface area (TPSA) is 37.4 Å². The van der Waals surface area contributed by atoms with Crippen LogP contribution >= 0.6 is 0 Å². The van der Waals surface area contributed by atoms with Crippen molar-refractivity contribution >= 4 is 17.5 Å². The van der Waals surface area contributed by atoms with Gasteiger partial charge in [-0.15, -0.1) is 0 Å². The van der Waals surface area contributed by atoms with Crippen molar-refractivity contribution in [1.82, 2.24) is 0 Å². The van der Waals surface area contributed by atoms with Crippen molar-refractivity contribution in [2.45, 2.75) is 38.5 Å². The first-order valence-corrected chi connectivity index (χ1v) is 6.71. The SMILES string of the molecule is O=C1CC2(CCCC2)CC(=O)N1c1ccc(F)cc1. The van der Waals surface area contributed by atoms with Crippen LogP contribution in [0.4, 0.5) is 10.1 Å². The van der Waals surface area contributed by atoms with Crippen LogP contribution in [0, 0.1) is 11.2 Å². The number of carbonyl (C=O) groups excluding carboxylic acids is 2. The van der Waals surface area contributed by atoms with Crippen molar-refractivity contribution in [3.63, 3.8) is 0 Å². The summed E-state index contributed by atoms with van der Waals surface area (Å²) >= 11 is 0.